The molecule has 1 saturated carbocycles. The van der Waals surface area contributed by atoms with Gasteiger partial charge < -0.3 is 19.6 Å². The molecule has 4 heterocycles. The number of carbonyl (C=O) groups excluding carboxylic acids is 1. The number of aromatic nitrogens is 3. The number of anilines is 1. The van der Waals surface area contributed by atoms with Gasteiger partial charge in [0.1, 0.15) is 23.1 Å². The fraction of sp³-hybridized carbons (Fsp3) is 0.333. The van der Waals surface area contributed by atoms with Crippen LogP contribution in [0.4, 0.5) is 10.2 Å². The largest absolute Gasteiger partial charge is 0.436 e. The zero-order valence-corrected chi connectivity index (χ0v) is 17.8. The first-order valence-corrected chi connectivity index (χ1v) is 10.8. The van der Waals surface area contributed by atoms with Crippen LogP contribution in [0.3, 0.4) is 0 Å². The van der Waals surface area contributed by atoms with Gasteiger partial charge in [0.05, 0.1) is 18.1 Å². The van der Waals surface area contributed by atoms with Crippen molar-refractivity contribution >= 4 is 33.6 Å². The number of amides is 1. The smallest absolute Gasteiger partial charge is 0.231 e. The minimum atomic E-state index is -1.08. The van der Waals surface area contributed by atoms with Gasteiger partial charge in [-0.3, -0.25) is 9.78 Å². The number of alkyl halides is 1. The number of hydrogen-bond acceptors (Lipinski definition) is 7. The molecule has 2 N–H and O–H groups in total. The summed E-state index contributed by atoms with van der Waals surface area (Å²) in [5, 5.41) is 15.1. The average molecular weight is 448 g/mol. The van der Waals surface area contributed by atoms with Crippen molar-refractivity contribution in [3.63, 3.8) is 0 Å². The molecule has 1 unspecified atom stereocenters. The maximum Gasteiger partial charge on any atom is 0.231 e. The number of ether oxygens (including phenoxy) is 1. The number of oxazole rings is 1. The van der Waals surface area contributed by atoms with Crippen LogP contribution in [-0.4, -0.2) is 45.4 Å². The predicted molar refractivity (Wildman–Crippen MR) is 118 cm³/mol. The Morgan fingerprint density at radius 3 is 2.85 bits per heavy atom. The summed E-state index contributed by atoms with van der Waals surface area (Å²) in [6.07, 6.45) is 3.01. The first-order chi connectivity index (χ1) is 15.9. The van der Waals surface area contributed by atoms with Crippen molar-refractivity contribution in [3.8, 4) is 11.5 Å². The normalized spacial score (nSPS) is 24.5. The minimum absolute atomic E-state index is 0.250. The third kappa shape index (κ3) is 3.44. The van der Waals surface area contributed by atoms with Gasteiger partial charge in [0, 0.05) is 41.9 Å². The van der Waals surface area contributed by atoms with E-state index in [-0.39, 0.29) is 18.9 Å². The van der Waals surface area contributed by atoms with Gasteiger partial charge in [-0.15, -0.1) is 0 Å². The van der Waals surface area contributed by atoms with E-state index in [2.05, 4.69) is 20.3 Å². The van der Waals surface area contributed by atoms with Gasteiger partial charge in [-0.25, -0.2) is 14.4 Å². The van der Waals surface area contributed by atoms with Gasteiger partial charge in [0.15, 0.2) is 5.58 Å². The molecule has 2 aliphatic rings. The summed E-state index contributed by atoms with van der Waals surface area (Å²) >= 11 is 0. The Morgan fingerprint density at radius 2 is 2.09 bits per heavy atom. The highest BCUT2D eigenvalue weighted by Crippen LogP contribution is 2.37. The molecule has 1 saturated heterocycles. The van der Waals surface area contributed by atoms with Crippen LogP contribution < -0.4 is 5.32 Å². The Balaban J connectivity index is 1.41. The molecule has 0 bridgehead atoms. The number of benzene rings is 1. The Labute approximate surface area is 187 Å². The third-order valence-electron chi connectivity index (χ3n) is 6.43. The Kier molecular flexibility index (Phi) is 4.46. The number of nitrogens with one attached hydrogen (secondary N) is 1. The third-order valence-corrected chi connectivity index (χ3v) is 6.43. The van der Waals surface area contributed by atoms with E-state index in [9.17, 15) is 14.3 Å². The summed E-state index contributed by atoms with van der Waals surface area (Å²) < 4.78 is 24.6. The summed E-state index contributed by atoms with van der Waals surface area (Å²) in [5.41, 5.74) is 2.32. The molecule has 168 valence electrons. The van der Waals surface area contributed by atoms with E-state index in [1.54, 1.807) is 24.5 Å². The second kappa shape index (κ2) is 7.29. The molecular weight excluding hydrogens is 427 g/mol. The van der Waals surface area contributed by atoms with Crippen molar-refractivity contribution in [2.75, 3.05) is 18.5 Å². The maximum absolute atomic E-state index is 13.2. The lowest BCUT2D eigenvalue weighted by molar-refractivity contribution is -0.117. The summed E-state index contributed by atoms with van der Waals surface area (Å²) in [6.45, 7) is 2.63. The topological polar surface area (TPSA) is 110 Å². The Bertz CT molecular complexity index is 1410. The van der Waals surface area contributed by atoms with Gasteiger partial charge in [-0.05, 0) is 37.1 Å². The minimum Gasteiger partial charge on any atom is -0.436 e. The van der Waals surface area contributed by atoms with Crippen molar-refractivity contribution in [3.05, 3.63) is 47.9 Å². The summed E-state index contributed by atoms with van der Waals surface area (Å²) in [7, 11) is 0. The first-order valence-electron chi connectivity index (χ1n) is 10.8. The van der Waals surface area contributed by atoms with Gasteiger partial charge in [-0.2, -0.15) is 0 Å². The van der Waals surface area contributed by atoms with E-state index in [1.807, 2.05) is 19.1 Å². The molecule has 3 atom stereocenters. The molecule has 2 fully saturated rings. The number of hydrogen-bond donors (Lipinski definition) is 2. The second-order valence-electron chi connectivity index (χ2n) is 8.76. The number of nitrogens with zero attached hydrogens (tertiary/aromatic N) is 3. The Hall–Kier alpha value is -3.43. The number of aryl methyl sites for hydroxylation is 1. The highest BCUT2D eigenvalue weighted by atomic mass is 19.1. The maximum atomic E-state index is 13.2. The van der Waals surface area contributed by atoms with E-state index >= 15 is 0 Å². The quantitative estimate of drug-likeness (QED) is 0.490. The van der Waals surface area contributed by atoms with E-state index < -0.39 is 17.7 Å². The molecule has 4 aromatic rings. The van der Waals surface area contributed by atoms with Crippen molar-refractivity contribution < 1.29 is 23.4 Å². The predicted octanol–water partition coefficient (Wildman–Crippen LogP) is 3.65. The number of rotatable bonds is 4. The number of aliphatic hydroxyl groups is 1. The van der Waals surface area contributed by atoms with Gasteiger partial charge in [-0.1, -0.05) is 6.07 Å². The lowest BCUT2D eigenvalue weighted by Gasteiger charge is -2.20. The number of halogens is 1. The van der Waals surface area contributed by atoms with E-state index in [0.29, 0.717) is 41.4 Å². The summed E-state index contributed by atoms with van der Waals surface area (Å²) in [5.74, 6) is -0.276. The molecule has 3 aromatic heterocycles. The zero-order chi connectivity index (χ0) is 22.7. The standard InChI is InChI=1S/C24H21FN4O4/c1-12-16-9-27-21(29-22(30)15-7-18(15)25)8-14(16)17(10-26-12)23-28-19-6-13(2-3-20(19)33-23)24(31)4-5-32-11-24/h2-3,6,8-10,15,18,31H,4-5,7,11H2,1H3,(H,27,29,30)/t15-,18+,24?/m1/s1. The van der Waals surface area contributed by atoms with Crippen LogP contribution in [0, 0.1) is 12.8 Å². The molecule has 33 heavy (non-hydrogen) atoms. The van der Waals surface area contributed by atoms with E-state index in [1.165, 1.54) is 0 Å². The zero-order valence-electron chi connectivity index (χ0n) is 17.8. The van der Waals surface area contributed by atoms with Crippen molar-refractivity contribution in [2.24, 2.45) is 5.92 Å². The highest BCUT2D eigenvalue weighted by molar-refractivity contribution is 6.00. The monoisotopic (exact) mass is 448 g/mol. The summed E-state index contributed by atoms with van der Waals surface area (Å²) in [6, 6.07) is 7.16. The van der Waals surface area contributed by atoms with Gasteiger partial charge >= 0.3 is 0 Å². The number of fused-ring (bicyclic) bond motifs is 2. The van der Waals surface area contributed by atoms with Crippen LogP contribution in [0.15, 0.2) is 41.1 Å². The molecule has 8 nitrogen and oxygen atoms in total. The van der Waals surface area contributed by atoms with E-state index in [0.717, 1.165) is 22.0 Å². The Morgan fingerprint density at radius 1 is 1.24 bits per heavy atom. The fourth-order valence-electron chi connectivity index (χ4n) is 4.27. The molecule has 0 radical (unpaired) electrons. The molecule has 1 amide bonds. The van der Waals surface area contributed by atoms with Crippen LogP contribution in [0.5, 0.6) is 0 Å². The van der Waals surface area contributed by atoms with Crippen LogP contribution >= 0.6 is 0 Å². The number of pyridine rings is 2. The molecule has 1 aliphatic carbocycles. The first kappa shape index (κ1) is 20.2. The number of carbonyl (C=O) groups is 1. The van der Waals surface area contributed by atoms with Crippen LogP contribution in [0.25, 0.3) is 33.3 Å². The summed E-state index contributed by atoms with van der Waals surface area (Å²) in [4.78, 5) is 25.6. The van der Waals surface area contributed by atoms with Crippen molar-refractivity contribution in [1.82, 2.24) is 15.0 Å². The molecule has 1 aliphatic heterocycles. The van der Waals surface area contributed by atoms with Crippen LogP contribution in [0.1, 0.15) is 24.1 Å². The van der Waals surface area contributed by atoms with Crippen LogP contribution in [-0.2, 0) is 15.1 Å². The fourth-order valence-corrected chi connectivity index (χ4v) is 4.27. The van der Waals surface area contributed by atoms with Crippen molar-refractivity contribution in [1.29, 1.82) is 0 Å². The average Bonchev–Trinajstić information content (AvgIpc) is 3.18. The van der Waals surface area contributed by atoms with E-state index in [4.69, 9.17) is 9.15 Å². The van der Waals surface area contributed by atoms with Crippen LogP contribution in [0.2, 0.25) is 0 Å². The molecule has 6 rings (SSSR count). The molecule has 9 heteroatoms. The lowest BCUT2D eigenvalue weighted by atomic mass is 9.93. The van der Waals surface area contributed by atoms with Gasteiger partial charge in [0.25, 0.3) is 0 Å². The van der Waals surface area contributed by atoms with Gasteiger partial charge in [0.2, 0.25) is 11.8 Å². The second-order valence-corrected chi connectivity index (χ2v) is 8.76. The molecule has 0 spiro atoms. The highest BCUT2D eigenvalue weighted by Gasteiger charge is 2.43. The molecule has 1 aromatic carbocycles. The SMILES string of the molecule is Cc1ncc(-c2nc3cc(C4(O)CCOC4)ccc3o2)c2cc(NC(=O)[C@@H]3C[C@@H]3F)ncc12. The van der Waals surface area contributed by atoms with Crippen molar-refractivity contribution in [2.45, 2.75) is 31.5 Å². The lowest BCUT2D eigenvalue weighted by Crippen LogP contribution is -2.25. The molecular formula is C24H21FN4O4.